The second-order valence-corrected chi connectivity index (χ2v) is 8.02. The van der Waals surface area contributed by atoms with Gasteiger partial charge >= 0.3 is 0 Å². The van der Waals surface area contributed by atoms with Gasteiger partial charge in [0.05, 0.1) is 6.10 Å². The molecule has 0 heterocycles. The maximum absolute atomic E-state index is 11.7. The van der Waals surface area contributed by atoms with Gasteiger partial charge in [0.1, 0.15) is 0 Å². The summed E-state index contributed by atoms with van der Waals surface area (Å²) in [5.41, 5.74) is 1.70. The molecule has 6 atom stereocenters. The number of rotatable bonds is 1. The average Bonchev–Trinajstić information content (AvgIpc) is 2.84. The molecule has 21 heavy (non-hydrogen) atoms. The Bertz CT molecular complexity index is 480. The van der Waals surface area contributed by atoms with Crippen molar-refractivity contribution >= 4 is 5.78 Å². The molecular formula is C19H28O2. The highest BCUT2D eigenvalue weighted by Gasteiger charge is 2.57. The summed E-state index contributed by atoms with van der Waals surface area (Å²) in [4.78, 5) is 11.7. The molecule has 116 valence electrons. The SMILES string of the molecule is CC[C@]12CC[C@@H]3C4CCC(=O)C=C4CC[C@H]3[C@@H]1CC[C@@H]2O. The largest absolute Gasteiger partial charge is 0.393 e. The Kier molecular flexibility index (Phi) is 3.29. The van der Waals surface area contributed by atoms with E-state index in [0.717, 1.165) is 49.9 Å². The summed E-state index contributed by atoms with van der Waals surface area (Å²) in [6, 6.07) is 0. The quantitative estimate of drug-likeness (QED) is 0.795. The Morgan fingerprint density at radius 2 is 2.00 bits per heavy atom. The molecule has 2 nitrogen and oxygen atoms in total. The first-order valence-corrected chi connectivity index (χ1v) is 9.07. The molecule has 4 aliphatic carbocycles. The zero-order chi connectivity index (χ0) is 14.6. The summed E-state index contributed by atoms with van der Waals surface area (Å²) in [7, 11) is 0. The summed E-state index contributed by atoms with van der Waals surface area (Å²) in [6.45, 7) is 2.29. The number of allylic oxidation sites excluding steroid dienone is 1. The molecule has 4 aliphatic rings. The summed E-state index contributed by atoms with van der Waals surface area (Å²) >= 11 is 0. The van der Waals surface area contributed by atoms with E-state index in [0.29, 0.717) is 11.7 Å². The fraction of sp³-hybridized carbons (Fsp3) is 0.842. The van der Waals surface area contributed by atoms with E-state index >= 15 is 0 Å². The van der Waals surface area contributed by atoms with Gasteiger partial charge < -0.3 is 5.11 Å². The van der Waals surface area contributed by atoms with Crippen molar-refractivity contribution in [3.05, 3.63) is 11.6 Å². The summed E-state index contributed by atoms with van der Waals surface area (Å²) in [5.74, 6) is 3.40. The number of hydrogen-bond acceptors (Lipinski definition) is 2. The van der Waals surface area contributed by atoms with E-state index in [4.69, 9.17) is 0 Å². The van der Waals surface area contributed by atoms with Gasteiger partial charge in [0.25, 0.3) is 0 Å². The zero-order valence-electron chi connectivity index (χ0n) is 13.2. The molecule has 2 heteroatoms. The topological polar surface area (TPSA) is 37.3 Å². The second-order valence-electron chi connectivity index (χ2n) is 8.02. The molecule has 0 aromatic heterocycles. The van der Waals surface area contributed by atoms with Gasteiger partial charge in [0.2, 0.25) is 0 Å². The van der Waals surface area contributed by atoms with Crippen LogP contribution in [0.2, 0.25) is 0 Å². The van der Waals surface area contributed by atoms with Crippen molar-refractivity contribution in [2.45, 2.75) is 70.8 Å². The van der Waals surface area contributed by atoms with Crippen LogP contribution in [0.5, 0.6) is 0 Å². The van der Waals surface area contributed by atoms with E-state index in [1.54, 1.807) is 0 Å². The Morgan fingerprint density at radius 3 is 2.81 bits per heavy atom. The van der Waals surface area contributed by atoms with Gasteiger partial charge in [-0.15, -0.1) is 0 Å². The van der Waals surface area contributed by atoms with Gasteiger partial charge in [-0.2, -0.15) is 0 Å². The molecule has 0 saturated heterocycles. The van der Waals surface area contributed by atoms with Crippen molar-refractivity contribution < 1.29 is 9.90 Å². The summed E-state index contributed by atoms with van der Waals surface area (Å²) < 4.78 is 0. The van der Waals surface area contributed by atoms with Crippen LogP contribution >= 0.6 is 0 Å². The van der Waals surface area contributed by atoms with Crippen LogP contribution in [0.3, 0.4) is 0 Å². The average molecular weight is 288 g/mol. The second kappa shape index (κ2) is 4.94. The predicted octanol–water partition coefficient (Wildman–Crippen LogP) is 3.88. The smallest absolute Gasteiger partial charge is 0.155 e. The molecule has 4 rings (SSSR count). The van der Waals surface area contributed by atoms with Crippen molar-refractivity contribution in [3.63, 3.8) is 0 Å². The number of aliphatic hydroxyl groups excluding tert-OH is 1. The number of carbonyl (C=O) groups excluding carboxylic acids is 1. The Balaban J connectivity index is 1.64. The van der Waals surface area contributed by atoms with Gasteiger partial charge in [0, 0.05) is 6.42 Å². The summed E-state index contributed by atoms with van der Waals surface area (Å²) in [6.07, 6.45) is 12.1. The van der Waals surface area contributed by atoms with Crippen LogP contribution < -0.4 is 0 Å². The van der Waals surface area contributed by atoms with Crippen molar-refractivity contribution in [1.29, 1.82) is 0 Å². The monoisotopic (exact) mass is 288 g/mol. The predicted molar refractivity (Wildman–Crippen MR) is 82.7 cm³/mol. The number of ketones is 1. The van der Waals surface area contributed by atoms with Crippen LogP contribution in [-0.2, 0) is 4.79 Å². The first-order chi connectivity index (χ1) is 10.2. The van der Waals surface area contributed by atoms with Crippen LogP contribution in [-0.4, -0.2) is 17.0 Å². The van der Waals surface area contributed by atoms with Crippen LogP contribution in [0.15, 0.2) is 11.6 Å². The first kappa shape index (κ1) is 14.0. The molecular weight excluding hydrogens is 260 g/mol. The number of carbonyl (C=O) groups is 1. The minimum absolute atomic E-state index is 0.0571. The van der Waals surface area contributed by atoms with E-state index in [9.17, 15) is 9.90 Å². The number of aliphatic hydroxyl groups is 1. The van der Waals surface area contributed by atoms with Crippen LogP contribution in [0, 0.1) is 29.1 Å². The zero-order valence-corrected chi connectivity index (χ0v) is 13.2. The van der Waals surface area contributed by atoms with Crippen LogP contribution in [0.1, 0.15) is 64.7 Å². The molecule has 3 fully saturated rings. The molecule has 0 aromatic rings. The van der Waals surface area contributed by atoms with E-state index in [2.05, 4.69) is 6.92 Å². The fourth-order valence-electron chi connectivity index (χ4n) is 6.64. The molecule has 0 aromatic carbocycles. The molecule has 0 amide bonds. The van der Waals surface area contributed by atoms with Gasteiger partial charge in [-0.25, -0.2) is 0 Å². The maximum Gasteiger partial charge on any atom is 0.155 e. The lowest BCUT2D eigenvalue weighted by Gasteiger charge is -2.54. The van der Waals surface area contributed by atoms with Gasteiger partial charge in [-0.1, -0.05) is 12.5 Å². The van der Waals surface area contributed by atoms with E-state index in [1.807, 2.05) is 6.08 Å². The highest BCUT2D eigenvalue weighted by Crippen LogP contribution is 2.62. The third-order valence-electron chi connectivity index (χ3n) is 7.63. The van der Waals surface area contributed by atoms with E-state index in [-0.39, 0.29) is 11.5 Å². The third-order valence-corrected chi connectivity index (χ3v) is 7.63. The normalized spacial score (nSPS) is 49.1. The third kappa shape index (κ3) is 1.91. The molecule has 0 radical (unpaired) electrons. The van der Waals surface area contributed by atoms with E-state index in [1.165, 1.54) is 31.3 Å². The van der Waals surface area contributed by atoms with Gasteiger partial charge in [-0.3, -0.25) is 4.79 Å². The molecule has 0 spiro atoms. The number of fused-ring (bicyclic) bond motifs is 5. The van der Waals surface area contributed by atoms with Gasteiger partial charge in [0.15, 0.2) is 5.78 Å². The molecule has 0 bridgehead atoms. The first-order valence-electron chi connectivity index (χ1n) is 9.07. The van der Waals surface area contributed by atoms with Crippen molar-refractivity contribution in [2.75, 3.05) is 0 Å². The standard InChI is InChI=1S/C19H28O2/c1-2-19-10-9-15-14-6-4-13(20)11-12(14)3-5-16(15)17(19)7-8-18(19)21/h11,14-18,21H,2-10H2,1H3/t14?,15-,16-,17+,18+,19+/m1/s1. The Labute approximate surface area is 128 Å². The summed E-state index contributed by atoms with van der Waals surface area (Å²) in [5, 5.41) is 10.6. The molecule has 0 aliphatic heterocycles. The van der Waals surface area contributed by atoms with Gasteiger partial charge in [-0.05, 0) is 86.5 Å². The molecule has 1 N–H and O–H groups in total. The minimum Gasteiger partial charge on any atom is -0.393 e. The van der Waals surface area contributed by atoms with Crippen molar-refractivity contribution in [3.8, 4) is 0 Å². The lowest BCUT2D eigenvalue weighted by Crippen LogP contribution is -2.48. The minimum atomic E-state index is -0.0571. The number of hydrogen-bond donors (Lipinski definition) is 1. The Morgan fingerprint density at radius 1 is 1.14 bits per heavy atom. The highest BCUT2D eigenvalue weighted by molar-refractivity contribution is 5.91. The lowest BCUT2D eigenvalue weighted by atomic mass is 9.51. The molecule has 1 unspecified atom stereocenters. The van der Waals surface area contributed by atoms with Crippen molar-refractivity contribution in [2.24, 2.45) is 29.1 Å². The lowest BCUT2D eigenvalue weighted by molar-refractivity contribution is -0.116. The fourth-order valence-corrected chi connectivity index (χ4v) is 6.64. The maximum atomic E-state index is 11.7. The van der Waals surface area contributed by atoms with E-state index < -0.39 is 0 Å². The van der Waals surface area contributed by atoms with Crippen LogP contribution in [0.25, 0.3) is 0 Å². The Hall–Kier alpha value is -0.630. The van der Waals surface area contributed by atoms with Crippen LogP contribution in [0.4, 0.5) is 0 Å². The molecule has 3 saturated carbocycles. The highest BCUT2D eigenvalue weighted by atomic mass is 16.3. The van der Waals surface area contributed by atoms with Crippen molar-refractivity contribution in [1.82, 2.24) is 0 Å².